The summed E-state index contributed by atoms with van der Waals surface area (Å²) in [5, 5.41) is 0. The van der Waals surface area contributed by atoms with Crippen LogP contribution in [0.15, 0.2) is 0 Å². The fraction of sp³-hybridized carbons (Fsp3) is 1.00. The summed E-state index contributed by atoms with van der Waals surface area (Å²) in [5.74, 6) is 0. The molecule has 0 N–H and O–H groups in total. The van der Waals surface area contributed by atoms with Gasteiger partial charge < -0.3 is 40.4 Å². The van der Waals surface area contributed by atoms with E-state index in [2.05, 4.69) is 35.0 Å². The van der Waals surface area contributed by atoms with Gasteiger partial charge in [-0.15, -0.1) is 0 Å². The summed E-state index contributed by atoms with van der Waals surface area (Å²) < 4.78 is 24.7. The quantitative estimate of drug-likeness (QED) is 0.0358. The van der Waals surface area contributed by atoms with Crippen LogP contribution >= 0.6 is 0 Å². The van der Waals surface area contributed by atoms with Gasteiger partial charge in [0.1, 0.15) is 19.4 Å². The zero-order valence-corrected chi connectivity index (χ0v) is 34.4. The Morgan fingerprint density at radius 2 is 0.723 bits per heavy atom. The van der Waals surface area contributed by atoms with E-state index in [0.717, 1.165) is 37.1 Å². The molecule has 0 fully saturated rings. The topological polar surface area (TPSA) is 36.9 Å². The fourth-order valence-corrected chi connectivity index (χ4v) is 5.94. The SMILES string of the molecule is CCCCCCCCCCCCCCCCOC[C@H](COCOCC[N+](C)(C)C)OCCCCCCCCCCCCCCCC.[Br-]. The van der Waals surface area contributed by atoms with Gasteiger partial charge in [0.25, 0.3) is 0 Å². The van der Waals surface area contributed by atoms with Crippen LogP contribution in [0.3, 0.4) is 0 Å². The molecule has 0 aliphatic rings. The molecule has 0 unspecified atom stereocenters. The zero-order chi connectivity index (χ0) is 33.7. The van der Waals surface area contributed by atoms with Crippen molar-refractivity contribution in [1.82, 2.24) is 0 Å². The van der Waals surface area contributed by atoms with Crippen molar-refractivity contribution in [2.75, 3.05) is 67.5 Å². The molecule has 0 amide bonds. The standard InChI is InChI=1S/C41H86NO4.BrH/c1-6-8-10-12-14-16-18-20-22-24-26-28-30-32-35-43-38-41(39-45-40-44-37-34-42(3,4)5)46-36-33-31-29-27-25-23-21-19-17-15-13-11-9-7-2;/h41H,6-40H2,1-5H3;1H/q+1;/p-1/t41-;/m1./s1. The van der Waals surface area contributed by atoms with Gasteiger partial charge in [0.2, 0.25) is 0 Å². The third-order valence-electron chi connectivity index (χ3n) is 9.17. The van der Waals surface area contributed by atoms with E-state index in [9.17, 15) is 0 Å². The Balaban J connectivity index is 0. The van der Waals surface area contributed by atoms with Crippen molar-refractivity contribution in [3.8, 4) is 0 Å². The minimum absolute atomic E-state index is 0. The summed E-state index contributed by atoms with van der Waals surface area (Å²) in [4.78, 5) is 0. The van der Waals surface area contributed by atoms with Crippen molar-refractivity contribution < 1.29 is 40.4 Å². The second kappa shape index (κ2) is 40.7. The molecular weight excluding hydrogens is 650 g/mol. The predicted octanol–water partition coefficient (Wildman–Crippen LogP) is 9.05. The summed E-state index contributed by atoms with van der Waals surface area (Å²) in [6.07, 6.45) is 38.7. The van der Waals surface area contributed by atoms with Gasteiger partial charge in [-0.1, -0.05) is 181 Å². The lowest BCUT2D eigenvalue weighted by Crippen LogP contribution is -3.00. The van der Waals surface area contributed by atoms with Crippen LogP contribution in [0.1, 0.15) is 194 Å². The number of hydrogen-bond acceptors (Lipinski definition) is 4. The Morgan fingerprint density at radius 3 is 1.11 bits per heavy atom. The molecule has 0 heterocycles. The van der Waals surface area contributed by atoms with Gasteiger partial charge in [0.05, 0.1) is 41.0 Å². The minimum Gasteiger partial charge on any atom is -1.00 e. The smallest absolute Gasteiger partial charge is 0.147 e. The Kier molecular flexibility index (Phi) is 42.8. The first-order valence-electron chi connectivity index (χ1n) is 20.6. The third-order valence-corrected chi connectivity index (χ3v) is 9.17. The largest absolute Gasteiger partial charge is 1.00 e. The molecule has 5 nitrogen and oxygen atoms in total. The van der Waals surface area contributed by atoms with Crippen molar-refractivity contribution >= 4 is 0 Å². The van der Waals surface area contributed by atoms with E-state index in [1.807, 2.05) is 0 Å². The number of unbranched alkanes of at least 4 members (excludes halogenated alkanes) is 26. The molecule has 0 aromatic heterocycles. The van der Waals surface area contributed by atoms with Crippen LogP contribution in [0.4, 0.5) is 0 Å². The average Bonchev–Trinajstić information content (AvgIpc) is 3.03. The molecule has 0 rings (SSSR count). The van der Waals surface area contributed by atoms with E-state index in [0.29, 0.717) is 26.6 Å². The van der Waals surface area contributed by atoms with E-state index in [-0.39, 0.29) is 23.1 Å². The molecular formula is C41H86BrNO4. The van der Waals surface area contributed by atoms with Gasteiger partial charge in [-0.2, -0.15) is 0 Å². The molecule has 6 heteroatoms. The molecule has 47 heavy (non-hydrogen) atoms. The molecule has 286 valence electrons. The van der Waals surface area contributed by atoms with Crippen molar-refractivity contribution in [3.63, 3.8) is 0 Å². The Hall–Kier alpha value is 0.280. The second-order valence-corrected chi connectivity index (χ2v) is 15.2. The number of rotatable bonds is 40. The Morgan fingerprint density at radius 1 is 0.383 bits per heavy atom. The molecule has 1 atom stereocenters. The van der Waals surface area contributed by atoms with E-state index < -0.39 is 0 Å². The third kappa shape index (κ3) is 44.3. The van der Waals surface area contributed by atoms with E-state index in [4.69, 9.17) is 18.9 Å². The highest BCUT2D eigenvalue weighted by Gasteiger charge is 2.11. The zero-order valence-electron chi connectivity index (χ0n) is 32.8. The van der Waals surface area contributed by atoms with Gasteiger partial charge >= 0.3 is 0 Å². The first-order valence-corrected chi connectivity index (χ1v) is 20.6. The number of hydrogen-bond donors (Lipinski definition) is 0. The molecule has 0 radical (unpaired) electrons. The van der Waals surface area contributed by atoms with Crippen LogP contribution in [-0.4, -0.2) is 78.1 Å². The maximum Gasteiger partial charge on any atom is 0.147 e. The number of likely N-dealkylation sites (N-methyl/N-ethyl adjacent to an activating group) is 1. The maximum absolute atomic E-state index is 6.23. The highest BCUT2D eigenvalue weighted by atomic mass is 79.9. The molecule has 0 saturated heterocycles. The van der Waals surface area contributed by atoms with Gasteiger partial charge in [0.15, 0.2) is 0 Å². The average molecular weight is 737 g/mol. The first kappa shape index (κ1) is 49.4. The van der Waals surface area contributed by atoms with Crippen LogP contribution in [0.5, 0.6) is 0 Å². The van der Waals surface area contributed by atoms with Crippen molar-refractivity contribution in [1.29, 1.82) is 0 Å². The second-order valence-electron chi connectivity index (χ2n) is 15.2. The van der Waals surface area contributed by atoms with Gasteiger partial charge in [0, 0.05) is 13.2 Å². The van der Waals surface area contributed by atoms with E-state index >= 15 is 0 Å². The van der Waals surface area contributed by atoms with Gasteiger partial charge in [-0.3, -0.25) is 0 Å². The number of nitrogens with zero attached hydrogens (tertiary/aromatic N) is 1. The highest BCUT2D eigenvalue weighted by molar-refractivity contribution is 4.57. The van der Waals surface area contributed by atoms with Gasteiger partial charge in [-0.25, -0.2) is 0 Å². The highest BCUT2D eigenvalue weighted by Crippen LogP contribution is 2.14. The molecule has 0 spiro atoms. The van der Waals surface area contributed by atoms with Crippen molar-refractivity contribution in [3.05, 3.63) is 0 Å². The lowest BCUT2D eigenvalue weighted by atomic mass is 10.0. The summed E-state index contributed by atoms with van der Waals surface area (Å²) in [7, 11) is 6.54. The monoisotopic (exact) mass is 736 g/mol. The predicted molar refractivity (Wildman–Crippen MR) is 201 cm³/mol. The van der Waals surface area contributed by atoms with Crippen LogP contribution in [0, 0.1) is 0 Å². The summed E-state index contributed by atoms with van der Waals surface area (Å²) in [6.45, 7) is 9.41. The minimum atomic E-state index is -0.00406. The van der Waals surface area contributed by atoms with Crippen molar-refractivity contribution in [2.45, 2.75) is 200 Å². The summed E-state index contributed by atoms with van der Waals surface area (Å²) >= 11 is 0. The molecule has 0 bridgehead atoms. The molecule has 0 aliphatic carbocycles. The van der Waals surface area contributed by atoms with E-state index in [1.165, 1.54) is 167 Å². The number of ether oxygens (including phenoxy) is 4. The Bertz CT molecular complexity index is 560. The molecule has 0 aromatic rings. The van der Waals surface area contributed by atoms with Crippen molar-refractivity contribution in [2.24, 2.45) is 0 Å². The Labute approximate surface area is 306 Å². The molecule has 0 aliphatic heterocycles. The van der Waals surface area contributed by atoms with Crippen LogP contribution < -0.4 is 17.0 Å². The number of halogens is 1. The lowest BCUT2D eigenvalue weighted by Gasteiger charge is -2.23. The van der Waals surface area contributed by atoms with Crippen LogP contribution in [0.2, 0.25) is 0 Å². The molecule has 0 aromatic carbocycles. The van der Waals surface area contributed by atoms with Crippen LogP contribution in [-0.2, 0) is 18.9 Å². The lowest BCUT2D eigenvalue weighted by molar-refractivity contribution is -0.870. The summed E-state index contributed by atoms with van der Waals surface area (Å²) in [5.41, 5.74) is 0. The normalized spacial score (nSPS) is 12.4. The van der Waals surface area contributed by atoms with Crippen LogP contribution in [0.25, 0.3) is 0 Å². The summed E-state index contributed by atoms with van der Waals surface area (Å²) in [6, 6.07) is 0. The maximum atomic E-state index is 6.23. The first-order chi connectivity index (χ1) is 22.5. The number of quaternary nitrogens is 1. The molecule has 0 saturated carbocycles. The van der Waals surface area contributed by atoms with Gasteiger partial charge in [-0.05, 0) is 12.8 Å². The van der Waals surface area contributed by atoms with E-state index in [1.54, 1.807) is 0 Å². The fourth-order valence-electron chi connectivity index (χ4n) is 5.94.